The molecule has 0 amide bonds. The van der Waals surface area contributed by atoms with Gasteiger partial charge in [0.1, 0.15) is 0 Å². The Balaban J connectivity index is 1.48. The highest BCUT2D eigenvalue weighted by atomic mass is 31.2. The molecule has 4 nitrogen and oxygen atoms in total. The van der Waals surface area contributed by atoms with E-state index in [9.17, 15) is 4.57 Å². The number of phosphoric ester groups is 1. The molecule has 0 saturated heterocycles. The summed E-state index contributed by atoms with van der Waals surface area (Å²) >= 11 is 0. The Morgan fingerprint density at radius 1 is 0.500 bits per heavy atom. The Morgan fingerprint density at radius 2 is 0.769 bits per heavy atom. The minimum Gasteiger partial charge on any atom is -0.287 e. The minimum absolute atomic E-state index is 0.522. The van der Waals surface area contributed by atoms with Crippen LogP contribution in [-0.2, 0) is 18.1 Å². The zero-order valence-electron chi connectivity index (χ0n) is 16.5. The molecule has 0 unspecified atom stereocenters. The van der Waals surface area contributed by atoms with Gasteiger partial charge in [-0.25, -0.2) is 4.57 Å². The van der Waals surface area contributed by atoms with Gasteiger partial charge in [-0.15, -0.1) is 0 Å². The highest BCUT2D eigenvalue weighted by Gasteiger charge is 2.31. The van der Waals surface area contributed by atoms with Gasteiger partial charge in [0.25, 0.3) is 0 Å². The van der Waals surface area contributed by atoms with Crippen LogP contribution in [0.1, 0.15) is 96.3 Å². The molecule has 0 spiro atoms. The third-order valence-corrected chi connectivity index (χ3v) is 7.98. The zero-order valence-corrected chi connectivity index (χ0v) is 17.4. The second kappa shape index (κ2) is 11.2. The van der Waals surface area contributed by atoms with E-state index < -0.39 is 7.82 Å². The van der Waals surface area contributed by atoms with Gasteiger partial charge < -0.3 is 0 Å². The van der Waals surface area contributed by atoms with Gasteiger partial charge in [-0.2, -0.15) is 0 Å². The van der Waals surface area contributed by atoms with E-state index in [1.165, 1.54) is 96.3 Å². The second-order valence-electron chi connectivity index (χ2n) is 8.85. The van der Waals surface area contributed by atoms with Gasteiger partial charge in [0.15, 0.2) is 0 Å². The Hall–Kier alpha value is 0.110. The van der Waals surface area contributed by atoms with Crippen molar-refractivity contribution in [3.05, 3.63) is 0 Å². The Bertz CT molecular complexity index is 362. The molecule has 3 saturated carbocycles. The fraction of sp³-hybridized carbons (Fsp3) is 1.00. The number of phosphoric acid groups is 1. The molecule has 26 heavy (non-hydrogen) atoms. The van der Waals surface area contributed by atoms with Crippen molar-refractivity contribution in [3.63, 3.8) is 0 Å². The second-order valence-corrected chi connectivity index (χ2v) is 10.5. The third-order valence-electron chi connectivity index (χ3n) is 6.58. The zero-order chi connectivity index (χ0) is 18.1. The molecule has 0 atom stereocenters. The maximum atomic E-state index is 13.3. The summed E-state index contributed by atoms with van der Waals surface area (Å²) in [5, 5.41) is 0. The fourth-order valence-corrected chi connectivity index (χ4v) is 6.17. The monoisotopic (exact) mass is 386 g/mol. The molecule has 0 aromatic rings. The summed E-state index contributed by atoms with van der Waals surface area (Å²) in [6, 6.07) is 0. The van der Waals surface area contributed by atoms with Crippen LogP contribution in [0.2, 0.25) is 0 Å². The first kappa shape index (κ1) is 20.8. The first-order valence-electron chi connectivity index (χ1n) is 11.3. The topological polar surface area (TPSA) is 44.8 Å². The summed E-state index contributed by atoms with van der Waals surface area (Å²) in [4.78, 5) is 0. The van der Waals surface area contributed by atoms with Crippen molar-refractivity contribution in [1.82, 2.24) is 0 Å². The molecule has 0 N–H and O–H groups in total. The van der Waals surface area contributed by atoms with Crippen molar-refractivity contribution in [2.45, 2.75) is 96.3 Å². The van der Waals surface area contributed by atoms with Crippen LogP contribution < -0.4 is 0 Å². The molecule has 0 aliphatic heterocycles. The standard InChI is InChI=1S/C21H39O4P/c22-26(23-16-19-10-4-1-5-11-19,24-17-20-12-6-2-7-13-20)25-18-21-14-8-3-9-15-21/h19-21H,1-18H2. The molecule has 3 rings (SSSR count). The minimum atomic E-state index is -3.42. The quantitative estimate of drug-likeness (QED) is 0.405. The first-order chi connectivity index (χ1) is 12.7. The molecule has 3 aliphatic rings. The van der Waals surface area contributed by atoms with Gasteiger partial charge in [-0.05, 0) is 56.3 Å². The Kier molecular flexibility index (Phi) is 8.97. The molecule has 0 aromatic heterocycles. The SMILES string of the molecule is O=P(OCC1CCCCC1)(OCC1CCCCC1)OCC1CCCCC1. The average Bonchev–Trinajstić information content (AvgIpc) is 2.72. The summed E-state index contributed by atoms with van der Waals surface area (Å²) < 4.78 is 30.9. The van der Waals surface area contributed by atoms with Crippen LogP contribution >= 0.6 is 7.82 Å². The number of hydrogen-bond acceptors (Lipinski definition) is 4. The van der Waals surface area contributed by atoms with Crippen LogP contribution in [-0.4, -0.2) is 19.8 Å². The van der Waals surface area contributed by atoms with Gasteiger partial charge in [0.05, 0.1) is 19.8 Å². The highest BCUT2D eigenvalue weighted by Crippen LogP contribution is 2.52. The van der Waals surface area contributed by atoms with E-state index in [1.807, 2.05) is 0 Å². The molecule has 0 radical (unpaired) electrons. The largest absolute Gasteiger partial charge is 0.474 e. The summed E-state index contributed by atoms with van der Waals surface area (Å²) in [5.41, 5.74) is 0. The predicted molar refractivity (Wildman–Crippen MR) is 105 cm³/mol. The van der Waals surface area contributed by atoms with Crippen LogP contribution in [0.25, 0.3) is 0 Å². The third kappa shape index (κ3) is 7.26. The van der Waals surface area contributed by atoms with Crippen molar-refractivity contribution in [1.29, 1.82) is 0 Å². The van der Waals surface area contributed by atoms with E-state index in [2.05, 4.69) is 0 Å². The number of hydrogen-bond donors (Lipinski definition) is 0. The maximum absolute atomic E-state index is 13.3. The van der Waals surface area contributed by atoms with Gasteiger partial charge in [0.2, 0.25) is 0 Å². The summed E-state index contributed by atoms with van der Waals surface area (Å²) in [6.45, 7) is 1.60. The Morgan fingerprint density at radius 3 is 1.04 bits per heavy atom. The van der Waals surface area contributed by atoms with Gasteiger partial charge in [-0.3, -0.25) is 13.6 Å². The van der Waals surface area contributed by atoms with Crippen LogP contribution in [0.4, 0.5) is 0 Å². The fourth-order valence-electron chi connectivity index (χ4n) is 4.76. The van der Waals surface area contributed by atoms with Gasteiger partial charge >= 0.3 is 7.82 Å². The molecule has 3 aliphatic carbocycles. The van der Waals surface area contributed by atoms with Crippen molar-refractivity contribution >= 4 is 7.82 Å². The predicted octanol–water partition coefficient (Wildman–Crippen LogP) is 6.89. The van der Waals surface area contributed by atoms with Crippen molar-refractivity contribution in [3.8, 4) is 0 Å². The van der Waals surface area contributed by atoms with E-state index >= 15 is 0 Å². The lowest BCUT2D eigenvalue weighted by molar-refractivity contribution is 0.0652. The van der Waals surface area contributed by atoms with Crippen LogP contribution in [0.3, 0.4) is 0 Å². The van der Waals surface area contributed by atoms with E-state index in [0.717, 1.165) is 0 Å². The summed E-state index contributed by atoms with van der Waals surface area (Å²) in [5.74, 6) is 1.57. The lowest BCUT2D eigenvalue weighted by Gasteiger charge is -2.28. The van der Waals surface area contributed by atoms with E-state index in [1.54, 1.807) is 0 Å². The molecular weight excluding hydrogens is 347 g/mol. The maximum Gasteiger partial charge on any atom is 0.474 e. The van der Waals surface area contributed by atoms with Crippen LogP contribution in [0.5, 0.6) is 0 Å². The van der Waals surface area contributed by atoms with Crippen molar-refractivity contribution in [2.75, 3.05) is 19.8 Å². The smallest absolute Gasteiger partial charge is 0.287 e. The van der Waals surface area contributed by atoms with Crippen LogP contribution in [0.15, 0.2) is 0 Å². The number of rotatable bonds is 9. The molecular formula is C21H39O4P. The normalized spacial score (nSPS) is 24.8. The van der Waals surface area contributed by atoms with Gasteiger partial charge in [0, 0.05) is 0 Å². The molecule has 0 bridgehead atoms. The lowest BCUT2D eigenvalue weighted by Crippen LogP contribution is -2.18. The van der Waals surface area contributed by atoms with E-state index in [0.29, 0.717) is 37.6 Å². The molecule has 0 heterocycles. The summed E-state index contributed by atoms with van der Waals surface area (Å²) in [6.07, 6.45) is 18.7. The van der Waals surface area contributed by atoms with Crippen molar-refractivity contribution < 1.29 is 18.1 Å². The molecule has 0 aromatic carbocycles. The molecule has 152 valence electrons. The van der Waals surface area contributed by atoms with E-state index in [4.69, 9.17) is 13.6 Å². The summed E-state index contributed by atoms with van der Waals surface area (Å²) in [7, 11) is -3.42. The average molecular weight is 387 g/mol. The molecule has 5 heteroatoms. The Labute approximate surface area is 160 Å². The van der Waals surface area contributed by atoms with Crippen molar-refractivity contribution in [2.24, 2.45) is 17.8 Å². The lowest BCUT2D eigenvalue weighted by atomic mass is 9.90. The molecule has 3 fully saturated rings. The van der Waals surface area contributed by atoms with E-state index in [-0.39, 0.29) is 0 Å². The highest BCUT2D eigenvalue weighted by molar-refractivity contribution is 7.48. The van der Waals surface area contributed by atoms with Crippen LogP contribution in [0, 0.1) is 17.8 Å². The first-order valence-corrected chi connectivity index (χ1v) is 12.7. The van der Waals surface area contributed by atoms with Gasteiger partial charge in [-0.1, -0.05) is 57.8 Å².